The van der Waals surface area contributed by atoms with Crippen LogP contribution in [0.2, 0.25) is 0 Å². The van der Waals surface area contributed by atoms with E-state index in [1.807, 2.05) is 30.3 Å². The maximum atomic E-state index is 12.4. The van der Waals surface area contributed by atoms with Gasteiger partial charge in [-0.25, -0.2) is 14.3 Å². The number of nitrogens with one attached hydrogen (secondary N) is 1. The van der Waals surface area contributed by atoms with Crippen LogP contribution in [-0.4, -0.2) is 64.2 Å². The quantitative estimate of drug-likeness (QED) is 0.679. The van der Waals surface area contributed by atoms with Crippen LogP contribution in [0.15, 0.2) is 36.5 Å². The molecule has 1 saturated heterocycles. The van der Waals surface area contributed by atoms with E-state index in [2.05, 4.69) is 15.6 Å². The molecule has 0 unspecified atom stereocenters. The molecule has 1 aromatic heterocycles. The van der Waals surface area contributed by atoms with E-state index in [1.54, 1.807) is 11.8 Å². The Morgan fingerprint density at radius 1 is 1.24 bits per heavy atom. The number of carbonyl (C=O) groups excluding carboxylic acids is 2. The highest BCUT2D eigenvalue weighted by Gasteiger charge is 2.25. The van der Waals surface area contributed by atoms with Gasteiger partial charge in [-0.1, -0.05) is 35.5 Å². The number of amides is 1. The Kier molecular flexibility index (Phi) is 8.88. The number of halogens is 1. The lowest BCUT2D eigenvalue weighted by molar-refractivity contribution is 0.0511. The van der Waals surface area contributed by atoms with Crippen LogP contribution in [0.1, 0.15) is 29.4 Å². The topological polar surface area (TPSA) is 98.6 Å². The van der Waals surface area contributed by atoms with Gasteiger partial charge in [0.05, 0.1) is 12.8 Å². The summed E-state index contributed by atoms with van der Waals surface area (Å²) < 4.78 is 12.0. The third-order valence-electron chi connectivity index (χ3n) is 4.51. The van der Waals surface area contributed by atoms with E-state index in [4.69, 9.17) is 9.47 Å². The maximum absolute atomic E-state index is 12.4. The van der Waals surface area contributed by atoms with Gasteiger partial charge in [-0.3, -0.25) is 0 Å². The Morgan fingerprint density at radius 3 is 2.79 bits per heavy atom. The summed E-state index contributed by atoms with van der Waals surface area (Å²) in [6.07, 6.45) is 1.78. The number of hydrogen-bond acceptors (Lipinski definition) is 7. The van der Waals surface area contributed by atoms with Gasteiger partial charge in [-0.2, -0.15) is 0 Å². The molecule has 3 rings (SSSR count). The number of aryl methyl sites for hydroxylation is 1. The summed E-state index contributed by atoms with van der Waals surface area (Å²) in [5.74, 6) is -0.435. The van der Waals surface area contributed by atoms with Gasteiger partial charge in [0.15, 0.2) is 5.69 Å². The molecule has 1 aliphatic heterocycles. The summed E-state index contributed by atoms with van der Waals surface area (Å²) in [5, 5.41) is 11.1. The molecule has 0 aliphatic carbocycles. The molecule has 2 heterocycles. The zero-order valence-electron chi connectivity index (χ0n) is 16.3. The van der Waals surface area contributed by atoms with Crippen molar-refractivity contribution >= 4 is 24.5 Å². The molecule has 9 nitrogen and oxygen atoms in total. The lowest BCUT2D eigenvalue weighted by Crippen LogP contribution is -2.53. The van der Waals surface area contributed by atoms with Crippen molar-refractivity contribution in [2.24, 2.45) is 0 Å². The lowest BCUT2D eigenvalue weighted by atomic mass is 10.1. The molecule has 0 spiro atoms. The monoisotopic (exact) mass is 423 g/mol. The molecule has 1 N–H and O–H groups in total. The van der Waals surface area contributed by atoms with Crippen LogP contribution in [-0.2, 0) is 22.6 Å². The number of piperazine rings is 1. The van der Waals surface area contributed by atoms with Gasteiger partial charge in [-0.05, 0) is 18.9 Å². The summed E-state index contributed by atoms with van der Waals surface area (Å²) in [4.78, 5) is 26.0. The molecule has 10 heteroatoms. The molecule has 1 amide bonds. The standard InChI is InChI=1S/C19H25N5O4.ClH/c1-2-27-18(25)17-12-21-22-24(17)10-8-16-13-23(11-9-20-16)19(26)28-14-15-6-4-3-5-7-15;/h3-7,12,16,20H,2,8-11,13-14H2,1H3;1H/t16-;/m1./s1. The predicted octanol–water partition coefficient (Wildman–Crippen LogP) is 1.88. The Morgan fingerprint density at radius 2 is 2.03 bits per heavy atom. The van der Waals surface area contributed by atoms with E-state index >= 15 is 0 Å². The van der Waals surface area contributed by atoms with Crippen molar-refractivity contribution in [1.82, 2.24) is 25.2 Å². The predicted molar refractivity (Wildman–Crippen MR) is 108 cm³/mol. The zero-order chi connectivity index (χ0) is 19.8. The van der Waals surface area contributed by atoms with Crippen molar-refractivity contribution in [2.75, 3.05) is 26.2 Å². The Hall–Kier alpha value is -2.65. The maximum Gasteiger partial charge on any atom is 0.410 e. The van der Waals surface area contributed by atoms with Crippen LogP contribution in [0.25, 0.3) is 0 Å². The number of hydrogen-bond donors (Lipinski definition) is 1. The minimum Gasteiger partial charge on any atom is -0.461 e. The highest BCUT2D eigenvalue weighted by atomic mass is 35.5. The number of aromatic nitrogens is 3. The first kappa shape index (κ1) is 22.6. The van der Waals surface area contributed by atoms with Crippen LogP contribution in [0.3, 0.4) is 0 Å². The Bertz CT molecular complexity index is 786. The van der Waals surface area contributed by atoms with Gasteiger partial charge >= 0.3 is 12.1 Å². The fraction of sp³-hybridized carbons (Fsp3) is 0.474. The zero-order valence-corrected chi connectivity index (χ0v) is 17.1. The van der Waals surface area contributed by atoms with Crippen molar-refractivity contribution in [3.8, 4) is 0 Å². The van der Waals surface area contributed by atoms with E-state index in [1.165, 1.54) is 10.9 Å². The van der Waals surface area contributed by atoms with Crippen molar-refractivity contribution in [3.63, 3.8) is 0 Å². The van der Waals surface area contributed by atoms with Gasteiger partial charge in [0.2, 0.25) is 0 Å². The third kappa shape index (κ3) is 6.43. The SMILES string of the molecule is CCOC(=O)c1cnnn1CC[C@@H]1CN(C(=O)OCc2ccccc2)CCN1.Cl. The minimum absolute atomic E-state index is 0. The average molecular weight is 424 g/mol. The lowest BCUT2D eigenvalue weighted by Gasteiger charge is -2.33. The van der Waals surface area contributed by atoms with Gasteiger partial charge in [0.1, 0.15) is 6.61 Å². The molecular formula is C19H26ClN5O4. The highest BCUT2D eigenvalue weighted by molar-refractivity contribution is 5.87. The second-order valence-electron chi connectivity index (χ2n) is 6.49. The number of benzene rings is 1. The first-order valence-electron chi connectivity index (χ1n) is 9.42. The Balaban J connectivity index is 0.00000300. The number of nitrogens with zero attached hydrogens (tertiary/aromatic N) is 4. The number of rotatable bonds is 7. The molecular weight excluding hydrogens is 398 g/mol. The smallest absolute Gasteiger partial charge is 0.410 e. The molecule has 0 radical (unpaired) electrons. The summed E-state index contributed by atoms with van der Waals surface area (Å²) in [6.45, 7) is 4.64. The molecule has 1 fully saturated rings. The average Bonchev–Trinajstić information content (AvgIpc) is 3.20. The molecule has 1 atom stereocenters. The molecule has 0 bridgehead atoms. The van der Waals surface area contributed by atoms with E-state index in [9.17, 15) is 9.59 Å². The van der Waals surface area contributed by atoms with Crippen molar-refractivity contribution in [1.29, 1.82) is 0 Å². The van der Waals surface area contributed by atoms with Crippen molar-refractivity contribution in [2.45, 2.75) is 32.5 Å². The largest absolute Gasteiger partial charge is 0.461 e. The van der Waals surface area contributed by atoms with Gasteiger partial charge in [0, 0.05) is 32.2 Å². The fourth-order valence-corrected chi connectivity index (χ4v) is 3.06. The summed E-state index contributed by atoms with van der Waals surface area (Å²) in [6, 6.07) is 9.68. The van der Waals surface area contributed by atoms with E-state index < -0.39 is 5.97 Å². The van der Waals surface area contributed by atoms with Gasteiger partial charge in [-0.15, -0.1) is 17.5 Å². The van der Waals surface area contributed by atoms with Crippen LogP contribution in [0.4, 0.5) is 4.79 Å². The van der Waals surface area contributed by atoms with Crippen LogP contribution >= 0.6 is 12.4 Å². The molecule has 1 aromatic carbocycles. The third-order valence-corrected chi connectivity index (χ3v) is 4.51. The fourth-order valence-electron chi connectivity index (χ4n) is 3.06. The van der Waals surface area contributed by atoms with Gasteiger partial charge in [0.25, 0.3) is 0 Å². The number of esters is 1. The normalized spacial score (nSPS) is 16.0. The molecule has 1 aliphatic rings. The van der Waals surface area contributed by atoms with E-state index in [-0.39, 0.29) is 31.1 Å². The van der Waals surface area contributed by atoms with Crippen molar-refractivity contribution < 1.29 is 19.1 Å². The van der Waals surface area contributed by atoms with Crippen LogP contribution < -0.4 is 5.32 Å². The summed E-state index contributed by atoms with van der Waals surface area (Å²) in [7, 11) is 0. The number of carbonyl (C=O) groups is 2. The van der Waals surface area contributed by atoms with E-state index in [0.29, 0.717) is 44.9 Å². The molecule has 29 heavy (non-hydrogen) atoms. The Labute approximate surface area is 175 Å². The van der Waals surface area contributed by atoms with Crippen molar-refractivity contribution in [3.05, 3.63) is 47.8 Å². The van der Waals surface area contributed by atoms with Gasteiger partial charge < -0.3 is 19.7 Å². The van der Waals surface area contributed by atoms with Crippen LogP contribution in [0, 0.1) is 0 Å². The first-order valence-corrected chi connectivity index (χ1v) is 9.42. The number of ether oxygens (including phenoxy) is 2. The summed E-state index contributed by atoms with van der Waals surface area (Å²) in [5.41, 5.74) is 1.29. The molecule has 0 saturated carbocycles. The highest BCUT2D eigenvalue weighted by Crippen LogP contribution is 2.09. The second kappa shape index (κ2) is 11.4. The second-order valence-corrected chi connectivity index (χ2v) is 6.49. The molecule has 2 aromatic rings. The van der Waals surface area contributed by atoms with E-state index in [0.717, 1.165) is 5.56 Å². The molecule has 158 valence electrons. The van der Waals surface area contributed by atoms with Crippen LogP contribution in [0.5, 0.6) is 0 Å². The first-order chi connectivity index (χ1) is 13.7. The summed E-state index contributed by atoms with van der Waals surface area (Å²) >= 11 is 0. The minimum atomic E-state index is -0.435.